The highest BCUT2D eigenvalue weighted by Crippen LogP contribution is 2.11. The molecule has 0 atom stereocenters. The number of rotatable bonds is 6. The molecule has 1 rings (SSSR count). The molecule has 0 spiro atoms. The smallest absolute Gasteiger partial charge is 0.338 e. The number of ether oxygens (including phenoxy) is 1. The number of anilines is 1. The summed E-state index contributed by atoms with van der Waals surface area (Å²) in [5, 5.41) is 20.0. The minimum absolute atomic E-state index is 0.0203. The van der Waals surface area contributed by atoms with Gasteiger partial charge in [0.15, 0.2) is 0 Å². The van der Waals surface area contributed by atoms with Gasteiger partial charge < -0.3 is 10.1 Å². The lowest BCUT2D eigenvalue weighted by Gasteiger charge is -2.05. The summed E-state index contributed by atoms with van der Waals surface area (Å²) in [6.45, 7) is 2.45. The zero-order valence-electron chi connectivity index (χ0n) is 11.2. The zero-order chi connectivity index (χ0) is 14.8. The first kappa shape index (κ1) is 15.3. The standard InChI is InChI=1S/C15H15N3O2/c1-2-3-8-20-15(19)13-4-6-14(7-5-13)18-11-12(9-16)10-17/h4-7,11,18H,2-3,8H2,1H3. The molecule has 0 radical (unpaired) electrons. The molecule has 0 aliphatic rings. The van der Waals surface area contributed by atoms with E-state index in [4.69, 9.17) is 15.3 Å². The molecule has 0 heterocycles. The Balaban J connectivity index is 2.61. The lowest BCUT2D eigenvalue weighted by molar-refractivity contribution is 0.0500. The van der Waals surface area contributed by atoms with Gasteiger partial charge in [-0.3, -0.25) is 0 Å². The third-order valence-corrected chi connectivity index (χ3v) is 2.48. The topological polar surface area (TPSA) is 85.9 Å². The molecule has 0 unspecified atom stereocenters. The first-order valence-electron chi connectivity index (χ1n) is 6.25. The number of benzene rings is 1. The van der Waals surface area contributed by atoms with Crippen LogP contribution >= 0.6 is 0 Å². The SMILES string of the molecule is CCCCOC(=O)c1ccc(NC=C(C#N)C#N)cc1. The Hall–Kier alpha value is -2.79. The van der Waals surface area contributed by atoms with Gasteiger partial charge in [-0.15, -0.1) is 0 Å². The fourth-order valence-corrected chi connectivity index (χ4v) is 1.34. The molecule has 1 aromatic carbocycles. The first-order valence-corrected chi connectivity index (χ1v) is 6.25. The number of unbranched alkanes of at least 4 members (excludes halogenated alkanes) is 1. The van der Waals surface area contributed by atoms with Gasteiger partial charge in [-0.2, -0.15) is 10.5 Å². The molecular weight excluding hydrogens is 254 g/mol. The van der Waals surface area contributed by atoms with E-state index in [2.05, 4.69) is 5.32 Å². The maximum absolute atomic E-state index is 11.6. The van der Waals surface area contributed by atoms with E-state index in [1.807, 2.05) is 6.92 Å². The van der Waals surface area contributed by atoms with Gasteiger partial charge in [0.25, 0.3) is 0 Å². The number of hydrogen-bond acceptors (Lipinski definition) is 5. The van der Waals surface area contributed by atoms with Crippen molar-refractivity contribution in [3.63, 3.8) is 0 Å². The van der Waals surface area contributed by atoms with Gasteiger partial charge in [-0.25, -0.2) is 4.79 Å². The number of carbonyl (C=O) groups is 1. The summed E-state index contributed by atoms with van der Waals surface area (Å²) in [5.41, 5.74) is 1.13. The van der Waals surface area contributed by atoms with Crippen LogP contribution < -0.4 is 5.32 Å². The molecule has 0 bridgehead atoms. The normalized spacial score (nSPS) is 8.95. The second-order valence-corrected chi connectivity index (χ2v) is 3.99. The highest BCUT2D eigenvalue weighted by atomic mass is 16.5. The molecule has 102 valence electrons. The van der Waals surface area contributed by atoms with Crippen LogP contribution in [0.1, 0.15) is 30.1 Å². The van der Waals surface area contributed by atoms with Gasteiger partial charge in [-0.05, 0) is 30.7 Å². The van der Waals surface area contributed by atoms with Crippen LogP contribution in [0.25, 0.3) is 0 Å². The van der Waals surface area contributed by atoms with Crippen LogP contribution in [0.5, 0.6) is 0 Å². The Kier molecular flexibility index (Phi) is 6.36. The van der Waals surface area contributed by atoms with Crippen molar-refractivity contribution in [2.45, 2.75) is 19.8 Å². The maximum atomic E-state index is 11.6. The van der Waals surface area contributed by atoms with Crippen molar-refractivity contribution >= 4 is 11.7 Å². The molecule has 0 aliphatic carbocycles. The molecule has 0 fully saturated rings. The Labute approximate surface area is 118 Å². The number of hydrogen-bond donors (Lipinski definition) is 1. The molecule has 20 heavy (non-hydrogen) atoms. The van der Waals surface area contributed by atoms with Crippen molar-refractivity contribution in [1.29, 1.82) is 10.5 Å². The quantitative estimate of drug-likeness (QED) is 0.487. The van der Waals surface area contributed by atoms with Crippen molar-refractivity contribution in [3.8, 4) is 12.1 Å². The monoisotopic (exact) mass is 269 g/mol. The number of nitriles is 2. The van der Waals surface area contributed by atoms with Crippen LogP contribution in [-0.2, 0) is 4.74 Å². The Morgan fingerprint density at radius 3 is 2.50 bits per heavy atom. The number of esters is 1. The average Bonchev–Trinajstić information content (AvgIpc) is 2.49. The van der Waals surface area contributed by atoms with Gasteiger partial charge in [0.2, 0.25) is 0 Å². The molecular formula is C15H15N3O2. The summed E-state index contributed by atoms with van der Waals surface area (Å²) >= 11 is 0. The number of allylic oxidation sites excluding steroid dienone is 1. The minimum atomic E-state index is -0.352. The van der Waals surface area contributed by atoms with Crippen LogP contribution in [0.2, 0.25) is 0 Å². The summed E-state index contributed by atoms with van der Waals surface area (Å²) in [6, 6.07) is 10.1. The molecule has 0 amide bonds. The second-order valence-electron chi connectivity index (χ2n) is 3.99. The highest BCUT2D eigenvalue weighted by Gasteiger charge is 2.06. The van der Waals surface area contributed by atoms with Crippen LogP contribution in [0, 0.1) is 22.7 Å². The van der Waals surface area contributed by atoms with Gasteiger partial charge in [-0.1, -0.05) is 13.3 Å². The number of carbonyl (C=O) groups excluding carboxylic acids is 1. The van der Waals surface area contributed by atoms with Crippen molar-refractivity contribution in [2.75, 3.05) is 11.9 Å². The molecule has 0 saturated heterocycles. The van der Waals surface area contributed by atoms with Crippen molar-refractivity contribution in [1.82, 2.24) is 0 Å². The summed E-state index contributed by atoms with van der Waals surface area (Å²) in [5.74, 6) is -0.352. The van der Waals surface area contributed by atoms with Crippen LogP contribution in [0.15, 0.2) is 36.0 Å². The van der Waals surface area contributed by atoms with Gasteiger partial charge in [0.05, 0.1) is 12.2 Å². The Morgan fingerprint density at radius 2 is 1.95 bits per heavy atom. The minimum Gasteiger partial charge on any atom is -0.462 e. The lowest BCUT2D eigenvalue weighted by atomic mass is 10.2. The molecule has 0 saturated carbocycles. The number of nitrogens with one attached hydrogen (secondary N) is 1. The van der Waals surface area contributed by atoms with Crippen molar-refractivity contribution < 1.29 is 9.53 Å². The zero-order valence-corrected chi connectivity index (χ0v) is 11.2. The summed E-state index contributed by atoms with van der Waals surface area (Å²) < 4.78 is 5.08. The molecule has 5 heteroatoms. The summed E-state index contributed by atoms with van der Waals surface area (Å²) in [4.78, 5) is 11.6. The van der Waals surface area contributed by atoms with E-state index in [1.165, 1.54) is 6.20 Å². The van der Waals surface area contributed by atoms with Gasteiger partial charge in [0, 0.05) is 11.9 Å². The van der Waals surface area contributed by atoms with Crippen molar-refractivity contribution in [2.24, 2.45) is 0 Å². The van der Waals surface area contributed by atoms with Gasteiger partial charge >= 0.3 is 5.97 Å². The molecule has 0 aliphatic heterocycles. The van der Waals surface area contributed by atoms with Crippen LogP contribution in [-0.4, -0.2) is 12.6 Å². The van der Waals surface area contributed by atoms with Crippen LogP contribution in [0.4, 0.5) is 5.69 Å². The average molecular weight is 269 g/mol. The lowest BCUT2D eigenvalue weighted by Crippen LogP contribution is -2.06. The summed E-state index contributed by atoms with van der Waals surface area (Å²) in [7, 11) is 0. The van der Waals surface area contributed by atoms with E-state index in [9.17, 15) is 4.79 Å². The Morgan fingerprint density at radius 1 is 1.30 bits per heavy atom. The molecule has 0 aromatic heterocycles. The number of nitrogens with zero attached hydrogens (tertiary/aromatic N) is 2. The third kappa shape index (κ3) is 4.83. The van der Waals surface area contributed by atoms with Gasteiger partial charge in [0.1, 0.15) is 17.7 Å². The predicted octanol–water partition coefficient (Wildman–Crippen LogP) is 2.99. The maximum Gasteiger partial charge on any atom is 0.338 e. The van der Waals surface area contributed by atoms with Crippen molar-refractivity contribution in [3.05, 3.63) is 41.6 Å². The van der Waals surface area contributed by atoms with E-state index in [1.54, 1.807) is 36.4 Å². The fourth-order valence-electron chi connectivity index (χ4n) is 1.34. The molecule has 1 N–H and O–H groups in total. The third-order valence-electron chi connectivity index (χ3n) is 2.48. The highest BCUT2D eigenvalue weighted by molar-refractivity contribution is 5.89. The fraction of sp³-hybridized carbons (Fsp3) is 0.267. The predicted molar refractivity (Wildman–Crippen MR) is 74.6 cm³/mol. The second kappa shape index (κ2) is 8.34. The molecule has 5 nitrogen and oxygen atoms in total. The van der Waals surface area contributed by atoms with E-state index < -0.39 is 0 Å². The van der Waals surface area contributed by atoms with E-state index in [-0.39, 0.29) is 11.5 Å². The molecule has 1 aromatic rings. The first-order chi connectivity index (χ1) is 9.71. The van der Waals surface area contributed by atoms with E-state index in [0.29, 0.717) is 17.9 Å². The Bertz CT molecular complexity index is 546. The van der Waals surface area contributed by atoms with Crippen LogP contribution in [0.3, 0.4) is 0 Å². The van der Waals surface area contributed by atoms with E-state index >= 15 is 0 Å². The largest absolute Gasteiger partial charge is 0.462 e. The van der Waals surface area contributed by atoms with E-state index in [0.717, 1.165) is 12.8 Å². The summed E-state index contributed by atoms with van der Waals surface area (Å²) in [6.07, 6.45) is 3.14.